The lowest BCUT2D eigenvalue weighted by Crippen LogP contribution is -2.53. The van der Waals surface area contributed by atoms with E-state index < -0.39 is 38.4 Å². The van der Waals surface area contributed by atoms with Gasteiger partial charge in [-0.3, -0.25) is 14.3 Å². The van der Waals surface area contributed by atoms with Gasteiger partial charge in [0.05, 0.1) is 25.3 Å². The molecule has 29 heavy (non-hydrogen) atoms. The summed E-state index contributed by atoms with van der Waals surface area (Å²) in [7, 11) is -2.24. The molecule has 1 aliphatic rings. The van der Waals surface area contributed by atoms with Crippen LogP contribution in [0.15, 0.2) is 16.3 Å². The molecule has 1 aliphatic heterocycles. The first-order valence-corrected chi connectivity index (χ1v) is 12.2. The van der Waals surface area contributed by atoms with Crippen LogP contribution in [0.2, 0.25) is 18.1 Å². The quantitative estimate of drug-likeness (QED) is 0.241. The molecule has 3 heterocycles. The Bertz CT molecular complexity index is 981. The number of rotatable bonds is 5. The molecule has 0 saturated carbocycles. The maximum Gasteiger partial charge on any atom is 0.280 e. The molecule has 11 nitrogen and oxygen atoms in total. The number of aliphatic hydroxyl groups is 1. The van der Waals surface area contributed by atoms with Crippen LogP contribution in [-0.2, 0) is 9.16 Å². The van der Waals surface area contributed by atoms with Gasteiger partial charge in [0.1, 0.15) is 6.23 Å². The molecule has 0 bridgehead atoms. The van der Waals surface area contributed by atoms with E-state index in [4.69, 9.17) is 14.9 Å². The minimum atomic E-state index is -2.24. The third kappa shape index (κ3) is 3.68. The number of nitrogen functional groups attached to an aromatic ring is 1. The van der Waals surface area contributed by atoms with Crippen molar-refractivity contribution >= 4 is 31.6 Å². The van der Waals surface area contributed by atoms with Crippen LogP contribution in [0.25, 0.3) is 11.2 Å². The second-order valence-corrected chi connectivity index (χ2v) is 13.6. The van der Waals surface area contributed by atoms with Crippen LogP contribution in [0.4, 0.5) is 5.95 Å². The third-order valence-electron chi connectivity index (χ3n) is 5.84. The van der Waals surface area contributed by atoms with Gasteiger partial charge in [0, 0.05) is 6.42 Å². The third-order valence-corrected chi connectivity index (χ3v) is 10.3. The van der Waals surface area contributed by atoms with Crippen molar-refractivity contribution in [3.05, 3.63) is 16.7 Å². The molecule has 0 aliphatic carbocycles. The molecule has 2 aromatic heterocycles. The average Bonchev–Trinajstić information content (AvgIpc) is 3.16. The Kier molecular flexibility index (Phi) is 5.32. The fraction of sp³-hybridized carbons (Fsp3) is 0.647. The van der Waals surface area contributed by atoms with Crippen molar-refractivity contribution in [2.45, 2.75) is 63.3 Å². The van der Waals surface area contributed by atoms with Gasteiger partial charge in [-0.1, -0.05) is 25.9 Å². The summed E-state index contributed by atoms with van der Waals surface area (Å²) in [5.74, 6) is -0.0401. The lowest BCUT2D eigenvalue weighted by atomic mass is 9.99. The maximum absolute atomic E-state index is 12.1. The van der Waals surface area contributed by atoms with E-state index in [0.29, 0.717) is 6.42 Å². The van der Waals surface area contributed by atoms with Gasteiger partial charge in [0.15, 0.2) is 25.1 Å². The van der Waals surface area contributed by atoms with E-state index in [9.17, 15) is 15.1 Å². The van der Waals surface area contributed by atoms with E-state index in [0.717, 1.165) is 6.21 Å². The second-order valence-electron chi connectivity index (χ2n) is 8.81. The van der Waals surface area contributed by atoms with E-state index in [1.807, 2.05) is 0 Å². The zero-order chi connectivity index (χ0) is 21.6. The van der Waals surface area contributed by atoms with Gasteiger partial charge < -0.3 is 25.2 Å². The molecule has 0 amide bonds. The summed E-state index contributed by atoms with van der Waals surface area (Å²) in [6.07, 6.45) is 1.68. The fourth-order valence-corrected chi connectivity index (χ4v) is 4.52. The molecule has 0 aromatic carbocycles. The first-order valence-electron chi connectivity index (χ1n) is 9.31. The Labute approximate surface area is 168 Å². The maximum atomic E-state index is 12.1. The van der Waals surface area contributed by atoms with Crippen LogP contribution in [0.5, 0.6) is 0 Å². The van der Waals surface area contributed by atoms with Gasteiger partial charge in [-0.15, -0.1) is 0 Å². The first kappa shape index (κ1) is 21.4. The zero-order valence-electron chi connectivity index (χ0n) is 17.2. The molecule has 0 spiro atoms. The summed E-state index contributed by atoms with van der Waals surface area (Å²) in [5.41, 5.74) is 4.26. The highest BCUT2D eigenvalue weighted by molar-refractivity contribution is 6.74. The number of H-pyrrole nitrogens is 1. The fourth-order valence-electron chi connectivity index (χ4n) is 3.16. The number of oxime groups is 1. The second kappa shape index (κ2) is 7.20. The van der Waals surface area contributed by atoms with Crippen LogP contribution in [0, 0.1) is 0 Å². The summed E-state index contributed by atoms with van der Waals surface area (Å²) < 4.78 is 14.2. The van der Waals surface area contributed by atoms with Crippen molar-refractivity contribution in [1.29, 1.82) is 0 Å². The van der Waals surface area contributed by atoms with E-state index in [1.54, 1.807) is 4.57 Å². The number of imidazole rings is 1. The number of nitrogens with two attached hydrogens (primary N) is 1. The lowest BCUT2D eigenvalue weighted by molar-refractivity contribution is -0.0779. The molecule has 160 valence electrons. The van der Waals surface area contributed by atoms with Crippen molar-refractivity contribution in [3.8, 4) is 0 Å². The molecule has 0 radical (unpaired) electrons. The van der Waals surface area contributed by atoms with E-state index in [2.05, 4.69) is 54.0 Å². The largest absolute Gasteiger partial charge is 0.411 e. The Morgan fingerprint density at radius 3 is 2.83 bits per heavy atom. The predicted molar refractivity (Wildman–Crippen MR) is 109 cm³/mol. The molecule has 1 unspecified atom stereocenters. The van der Waals surface area contributed by atoms with E-state index in [-0.39, 0.29) is 22.2 Å². The Hall–Kier alpha value is -2.28. The number of aromatic nitrogens is 4. The highest BCUT2D eigenvalue weighted by atomic mass is 28.4. The summed E-state index contributed by atoms with van der Waals surface area (Å²) in [6.45, 7) is 10.1. The summed E-state index contributed by atoms with van der Waals surface area (Å²) in [5, 5.41) is 22.4. The van der Waals surface area contributed by atoms with Crippen LogP contribution in [0.3, 0.4) is 0 Å². The summed E-state index contributed by atoms with van der Waals surface area (Å²) in [6, 6.07) is 0. The number of aliphatic hydroxyl groups excluding tert-OH is 1. The van der Waals surface area contributed by atoms with Crippen molar-refractivity contribution in [2.75, 3.05) is 12.3 Å². The monoisotopic (exact) mass is 424 g/mol. The number of fused-ring (bicyclic) bond motifs is 1. The molecular weight excluding hydrogens is 396 g/mol. The van der Waals surface area contributed by atoms with Gasteiger partial charge in [-0.05, 0) is 18.1 Å². The molecule has 2 aromatic rings. The minimum absolute atomic E-state index is 0.0401. The lowest BCUT2D eigenvalue weighted by Gasteiger charge is -2.41. The van der Waals surface area contributed by atoms with Crippen molar-refractivity contribution in [2.24, 2.45) is 5.16 Å². The van der Waals surface area contributed by atoms with Gasteiger partial charge in [0.25, 0.3) is 5.56 Å². The van der Waals surface area contributed by atoms with E-state index in [1.165, 1.54) is 6.33 Å². The standard InChI is InChI=1S/C17H28N6O5Si/c1-16(2,3)29(4,5)28-10-6-11(27-17(10,8-24)7-20-26)23-9-19-12-13(23)21-15(18)22-14(12)25/h7,9-11,24,26H,6,8H2,1-5H3,(H3,18,21,22,25)/t10?,11-,17-/m1/s1. The zero-order valence-corrected chi connectivity index (χ0v) is 18.2. The molecule has 1 fully saturated rings. The molecule has 3 atom stereocenters. The SMILES string of the molecule is CC(C)(C)[Si](C)(C)OC1C[C@H](n2cnc3c(=O)[nH]c(N)nc32)O[C@]1(C=NO)CO. The van der Waals surface area contributed by atoms with Crippen molar-refractivity contribution < 1.29 is 19.5 Å². The van der Waals surface area contributed by atoms with Crippen LogP contribution in [0.1, 0.15) is 33.4 Å². The number of nitrogens with zero attached hydrogens (tertiary/aromatic N) is 4. The number of anilines is 1. The van der Waals surface area contributed by atoms with Crippen molar-refractivity contribution in [3.63, 3.8) is 0 Å². The highest BCUT2D eigenvalue weighted by Crippen LogP contribution is 2.44. The van der Waals surface area contributed by atoms with Gasteiger partial charge in [0.2, 0.25) is 5.95 Å². The average molecular weight is 425 g/mol. The molecule has 12 heteroatoms. The predicted octanol–water partition coefficient (Wildman–Crippen LogP) is 1.20. The number of hydrogen-bond donors (Lipinski definition) is 4. The van der Waals surface area contributed by atoms with Crippen LogP contribution >= 0.6 is 0 Å². The Morgan fingerprint density at radius 2 is 2.24 bits per heavy atom. The van der Waals surface area contributed by atoms with Crippen LogP contribution in [-0.4, -0.2) is 62.7 Å². The normalized spacial score (nSPS) is 26.0. The molecule has 3 rings (SSSR count). The number of aromatic amines is 1. The molecular formula is C17H28N6O5Si. The Morgan fingerprint density at radius 1 is 1.55 bits per heavy atom. The highest BCUT2D eigenvalue weighted by Gasteiger charge is 2.53. The number of hydrogen-bond acceptors (Lipinski definition) is 9. The van der Waals surface area contributed by atoms with Gasteiger partial charge in [-0.25, -0.2) is 4.98 Å². The molecule has 1 saturated heterocycles. The number of ether oxygens (including phenoxy) is 1. The minimum Gasteiger partial charge on any atom is -0.411 e. The summed E-state index contributed by atoms with van der Waals surface area (Å²) in [4.78, 5) is 22.7. The van der Waals surface area contributed by atoms with Gasteiger partial charge in [-0.2, -0.15) is 4.98 Å². The van der Waals surface area contributed by atoms with Crippen LogP contribution < -0.4 is 11.3 Å². The van der Waals surface area contributed by atoms with Crippen molar-refractivity contribution in [1.82, 2.24) is 19.5 Å². The Balaban J connectivity index is 2.03. The van der Waals surface area contributed by atoms with Gasteiger partial charge >= 0.3 is 0 Å². The first-order chi connectivity index (χ1) is 13.4. The van der Waals surface area contributed by atoms with E-state index >= 15 is 0 Å². The summed E-state index contributed by atoms with van der Waals surface area (Å²) >= 11 is 0. The smallest absolute Gasteiger partial charge is 0.280 e. The number of nitrogens with one attached hydrogen (secondary N) is 1. The topological polar surface area (TPSA) is 161 Å². The molecule has 5 N–H and O–H groups in total.